The summed E-state index contributed by atoms with van der Waals surface area (Å²) in [6.07, 6.45) is 3.17. The van der Waals surface area contributed by atoms with Crippen molar-refractivity contribution in [1.29, 1.82) is 0 Å². The number of carbonyl (C=O) groups excluding carboxylic acids is 1. The molecule has 158 valence electrons. The van der Waals surface area contributed by atoms with Crippen LogP contribution in [0.5, 0.6) is 0 Å². The summed E-state index contributed by atoms with van der Waals surface area (Å²) in [5.74, 6) is -0.372. The minimum Gasteiger partial charge on any atom is -0.348 e. The van der Waals surface area contributed by atoms with Crippen LogP contribution in [-0.2, 0) is 22.3 Å². The molecule has 0 fully saturated rings. The van der Waals surface area contributed by atoms with E-state index in [0.29, 0.717) is 23.3 Å². The summed E-state index contributed by atoms with van der Waals surface area (Å²) in [5.41, 5.74) is 4.21. The predicted molar refractivity (Wildman–Crippen MR) is 118 cm³/mol. The average Bonchev–Trinajstić information content (AvgIpc) is 3.23. The number of benzene rings is 2. The first-order valence-electron chi connectivity index (χ1n) is 9.62. The topological polar surface area (TPSA) is 105 Å². The van der Waals surface area contributed by atoms with Crippen molar-refractivity contribution in [2.24, 2.45) is 0 Å². The maximum Gasteiger partial charge on any atom is 0.257 e. The molecule has 8 nitrogen and oxygen atoms in total. The van der Waals surface area contributed by atoms with Gasteiger partial charge < -0.3 is 5.32 Å². The van der Waals surface area contributed by atoms with Crippen LogP contribution >= 0.6 is 0 Å². The van der Waals surface area contributed by atoms with Gasteiger partial charge in [0.1, 0.15) is 5.56 Å². The van der Waals surface area contributed by atoms with Crippen LogP contribution < -0.4 is 10.0 Å². The summed E-state index contributed by atoms with van der Waals surface area (Å²) >= 11 is 0. The highest BCUT2D eigenvalue weighted by Gasteiger charge is 2.16. The molecule has 0 radical (unpaired) electrons. The molecular formula is C22H21N5O3S. The normalized spacial score (nSPS) is 11.5. The molecular weight excluding hydrogens is 414 g/mol. The maximum atomic E-state index is 12.7. The van der Waals surface area contributed by atoms with Crippen LogP contribution in [0.4, 0.5) is 0 Å². The van der Waals surface area contributed by atoms with Gasteiger partial charge in [0.05, 0.1) is 17.6 Å². The second-order valence-corrected chi connectivity index (χ2v) is 8.88. The molecule has 4 rings (SSSR count). The minimum absolute atomic E-state index is 0.0893. The summed E-state index contributed by atoms with van der Waals surface area (Å²) in [4.78, 5) is 17.1. The highest BCUT2D eigenvalue weighted by atomic mass is 32.2. The quantitative estimate of drug-likeness (QED) is 0.464. The van der Waals surface area contributed by atoms with Gasteiger partial charge in [0.15, 0.2) is 5.65 Å². The van der Waals surface area contributed by atoms with Crippen LogP contribution in [0, 0.1) is 0 Å². The molecule has 31 heavy (non-hydrogen) atoms. The van der Waals surface area contributed by atoms with Crippen LogP contribution in [0.25, 0.3) is 16.9 Å². The molecule has 4 aromatic rings. The summed E-state index contributed by atoms with van der Waals surface area (Å²) < 4.78 is 27.2. The summed E-state index contributed by atoms with van der Waals surface area (Å²) in [6.45, 7) is 0.299. The first-order valence-corrected chi connectivity index (χ1v) is 11.3. The largest absolute Gasteiger partial charge is 0.348 e. The second kappa shape index (κ2) is 8.66. The van der Waals surface area contributed by atoms with Crippen molar-refractivity contribution in [1.82, 2.24) is 24.6 Å². The molecule has 2 heterocycles. The van der Waals surface area contributed by atoms with Crippen molar-refractivity contribution in [3.63, 3.8) is 0 Å². The molecule has 0 spiro atoms. The van der Waals surface area contributed by atoms with Gasteiger partial charge in [-0.3, -0.25) is 4.79 Å². The van der Waals surface area contributed by atoms with Gasteiger partial charge in [-0.2, -0.15) is 5.10 Å². The summed E-state index contributed by atoms with van der Waals surface area (Å²) in [5, 5.41) is 7.22. The van der Waals surface area contributed by atoms with Crippen LogP contribution in [0.1, 0.15) is 21.5 Å². The van der Waals surface area contributed by atoms with Gasteiger partial charge in [-0.15, -0.1) is 0 Å². The fraction of sp³-hybridized carbons (Fsp3) is 0.136. The van der Waals surface area contributed by atoms with Gasteiger partial charge in [0.25, 0.3) is 5.91 Å². The van der Waals surface area contributed by atoms with E-state index in [1.54, 1.807) is 35.0 Å². The zero-order valence-corrected chi connectivity index (χ0v) is 17.6. The van der Waals surface area contributed by atoms with Crippen LogP contribution in [0.15, 0.2) is 73.1 Å². The number of sulfonamides is 1. The minimum atomic E-state index is -3.32. The molecule has 9 heteroatoms. The number of nitrogens with zero attached hydrogens (tertiary/aromatic N) is 3. The van der Waals surface area contributed by atoms with E-state index in [4.69, 9.17) is 0 Å². The summed E-state index contributed by atoms with van der Waals surface area (Å²) in [6, 6.07) is 18.7. The number of hydrogen-bond donors (Lipinski definition) is 2. The van der Waals surface area contributed by atoms with Crippen molar-refractivity contribution in [2.75, 3.05) is 7.05 Å². The fourth-order valence-corrected chi connectivity index (χ4v) is 3.98. The van der Waals surface area contributed by atoms with Crippen molar-refractivity contribution in [3.8, 4) is 11.3 Å². The van der Waals surface area contributed by atoms with Crippen LogP contribution in [0.2, 0.25) is 0 Å². The molecule has 0 aliphatic heterocycles. The Kier molecular flexibility index (Phi) is 5.79. The number of hydrogen-bond acceptors (Lipinski definition) is 5. The SMILES string of the molecule is CNS(=O)(=O)Cc1ccc(CNC(=O)c2cnn3c(-c4ccccc4)ccnc23)cc1. The Morgan fingerprint density at radius 3 is 2.42 bits per heavy atom. The number of rotatable bonds is 7. The molecule has 0 bridgehead atoms. The van der Waals surface area contributed by atoms with E-state index in [1.165, 1.54) is 13.2 Å². The molecule has 0 saturated heterocycles. The van der Waals surface area contributed by atoms with Crippen LogP contribution in [-0.4, -0.2) is 36.0 Å². The number of amides is 1. The standard InChI is InChI=1S/C22H21N5O3S/c1-23-31(29,30)15-17-9-7-16(8-10-17)13-25-22(28)19-14-26-27-20(11-12-24-21(19)27)18-5-3-2-4-6-18/h2-12,14,23H,13,15H2,1H3,(H,25,28). The second-order valence-electron chi connectivity index (χ2n) is 6.95. The third-order valence-electron chi connectivity index (χ3n) is 4.86. The van der Waals surface area contributed by atoms with E-state index in [0.717, 1.165) is 16.8 Å². The number of aromatic nitrogens is 3. The Morgan fingerprint density at radius 2 is 1.71 bits per heavy atom. The molecule has 1 amide bonds. The van der Waals surface area contributed by atoms with Crippen LogP contribution in [0.3, 0.4) is 0 Å². The van der Waals surface area contributed by atoms with E-state index in [1.807, 2.05) is 36.4 Å². The molecule has 0 atom stereocenters. The zero-order chi connectivity index (χ0) is 21.8. The van der Waals surface area contributed by atoms with Crippen molar-refractivity contribution in [3.05, 3.63) is 89.7 Å². The monoisotopic (exact) mass is 435 g/mol. The molecule has 2 N–H and O–H groups in total. The van der Waals surface area contributed by atoms with E-state index in [-0.39, 0.29) is 11.7 Å². The molecule has 0 unspecified atom stereocenters. The predicted octanol–water partition coefficient (Wildman–Crippen LogP) is 2.38. The lowest BCUT2D eigenvalue weighted by Gasteiger charge is -2.07. The number of fused-ring (bicyclic) bond motifs is 1. The molecule has 0 aliphatic carbocycles. The molecule has 0 aliphatic rings. The van der Waals surface area contributed by atoms with E-state index in [9.17, 15) is 13.2 Å². The maximum absolute atomic E-state index is 12.7. The molecule has 2 aromatic heterocycles. The Morgan fingerprint density at radius 1 is 1.00 bits per heavy atom. The van der Waals surface area contributed by atoms with E-state index in [2.05, 4.69) is 20.1 Å². The van der Waals surface area contributed by atoms with Gasteiger partial charge in [-0.25, -0.2) is 22.6 Å². The lowest BCUT2D eigenvalue weighted by molar-refractivity contribution is 0.0952. The number of nitrogens with one attached hydrogen (secondary N) is 2. The first-order chi connectivity index (χ1) is 15.0. The van der Waals surface area contributed by atoms with Gasteiger partial charge in [-0.1, -0.05) is 54.6 Å². The fourth-order valence-electron chi connectivity index (χ4n) is 3.20. The van der Waals surface area contributed by atoms with Gasteiger partial charge in [0, 0.05) is 18.3 Å². The Balaban J connectivity index is 1.48. The van der Waals surface area contributed by atoms with Crippen molar-refractivity contribution >= 4 is 21.6 Å². The summed E-state index contributed by atoms with van der Waals surface area (Å²) in [7, 11) is -1.93. The van der Waals surface area contributed by atoms with E-state index < -0.39 is 10.0 Å². The third kappa shape index (κ3) is 4.62. The van der Waals surface area contributed by atoms with Crippen molar-refractivity contribution in [2.45, 2.75) is 12.3 Å². The lowest BCUT2D eigenvalue weighted by Crippen LogP contribution is -2.23. The number of carbonyl (C=O) groups is 1. The van der Waals surface area contributed by atoms with E-state index >= 15 is 0 Å². The Hall–Kier alpha value is -3.56. The van der Waals surface area contributed by atoms with Gasteiger partial charge in [0.2, 0.25) is 10.0 Å². The highest BCUT2D eigenvalue weighted by molar-refractivity contribution is 7.88. The molecule has 0 saturated carbocycles. The lowest BCUT2D eigenvalue weighted by atomic mass is 10.1. The third-order valence-corrected chi connectivity index (χ3v) is 6.19. The van der Waals surface area contributed by atoms with Gasteiger partial charge >= 0.3 is 0 Å². The Bertz CT molecular complexity index is 1320. The average molecular weight is 436 g/mol. The Labute approximate surface area is 180 Å². The zero-order valence-electron chi connectivity index (χ0n) is 16.8. The van der Waals surface area contributed by atoms with Crippen molar-refractivity contribution < 1.29 is 13.2 Å². The smallest absolute Gasteiger partial charge is 0.257 e. The molecule has 2 aromatic carbocycles. The first kappa shape index (κ1) is 20.7. The highest BCUT2D eigenvalue weighted by Crippen LogP contribution is 2.20. The van der Waals surface area contributed by atoms with Gasteiger partial charge in [-0.05, 0) is 24.2 Å².